The largest absolute Gasteiger partial charge is 0.444 e. The Balaban J connectivity index is 1.41. The lowest BCUT2D eigenvalue weighted by molar-refractivity contribution is -0.137. The standard InChI is InChI=1S/C31H37F5N6O2S/c1-18-7-6-10-40(18)17-24-26(20-13-21(31(34,35)36)15-22(32)14-20)38-28(45-24)39-27-25(33)23(8-9-37-27)41-11-12-42(19(2)16-41)29(43)44-30(3,4)5/h8-9,13-15,18-19H,6-7,10-12,16-17H2,1-5H3,(H,37,38,39)/t18-,19+/m1/s1. The molecule has 244 valence electrons. The molecule has 1 aromatic carbocycles. The van der Waals surface area contributed by atoms with Gasteiger partial charge < -0.3 is 19.9 Å². The van der Waals surface area contributed by atoms with Crippen LogP contribution in [0.3, 0.4) is 0 Å². The molecule has 2 aromatic heterocycles. The third-order valence-electron chi connectivity index (χ3n) is 7.92. The molecule has 3 aromatic rings. The van der Waals surface area contributed by atoms with E-state index in [0.29, 0.717) is 37.1 Å². The molecule has 5 rings (SSSR count). The van der Waals surface area contributed by atoms with Crippen LogP contribution in [0.2, 0.25) is 0 Å². The van der Waals surface area contributed by atoms with Gasteiger partial charge in [-0.05, 0) is 78.3 Å². The second kappa shape index (κ2) is 12.7. The van der Waals surface area contributed by atoms with Crippen LogP contribution in [0, 0.1) is 11.6 Å². The van der Waals surface area contributed by atoms with Crippen LogP contribution in [0.4, 0.5) is 43.4 Å². The highest BCUT2D eigenvalue weighted by molar-refractivity contribution is 7.16. The van der Waals surface area contributed by atoms with Gasteiger partial charge in [-0.1, -0.05) is 11.3 Å². The van der Waals surface area contributed by atoms with Crippen molar-refractivity contribution in [1.29, 1.82) is 0 Å². The van der Waals surface area contributed by atoms with Crippen LogP contribution in [-0.2, 0) is 17.5 Å². The van der Waals surface area contributed by atoms with Gasteiger partial charge in [0.05, 0.1) is 16.9 Å². The van der Waals surface area contributed by atoms with E-state index in [1.807, 2.05) is 11.8 Å². The summed E-state index contributed by atoms with van der Waals surface area (Å²) in [6, 6.07) is 3.94. The Hall–Kier alpha value is -3.52. The zero-order chi connectivity index (χ0) is 32.7. The number of aromatic nitrogens is 2. The molecule has 2 aliphatic rings. The summed E-state index contributed by atoms with van der Waals surface area (Å²) in [6.07, 6.45) is -1.72. The zero-order valence-electron chi connectivity index (χ0n) is 25.8. The summed E-state index contributed by atoms with van der Waals surface area (Å²) < 4.78 is 76.4. The fourth-order valence-corrected chi connectivity index (χ4v) is 6.68. The van der Waals surface area contributed by atoms with Gasteiger partial charge in [-0.3, -0.25) is 4.90 Å². The fraction of sp³-hybridized carbons (Fsp3) is 0.516. The predicted octanol–water partition coefficient (Wildman–Crippen LogP) is 7.68. The molecule has 0 unspecified atom stereocenters. The second-order valence-electron chi connectivity index (χ2n) is 12.6. The van der Waals surface area contributed by atoms with E-state index in [-0.39, 0.29) is 40.0 Å². The number of carbonyl (C=O) groups is 1. The molecule has 2 fully saturated rings. The van der Waals surface area contributed by atoms with Gasteiger partial charge in [0.15, 0.2) is 16.8 Å². The van der Waals surface area contributed by atoms with Crippen LogP contribution in [-0.4, -0.2) is 69.7 Å². The molecule has 8 nitrogen and oxygen atoms in total. The molecule has 0 radical (unpaired) electrons. The maximum Gasteiger partial charge on any atom is 0.416 e. The van der Waals surface area contributed by atoms with Gasteiger partial charge in [0.25, 0.3) is 0 Å². The molecule has 2 aliphatic heterocycles. The average molecular weight is 653 g/mol. The average Bonchev–Trinajstić information content (AvgIpc) is 3.53. The van der Waals surface area contributed by atoms with Crippen molar-refractivity contribution in [1.82, 2.24) is 19.8 Å². The number of amides is 1. The number of likely N-dealkylation sites (tertiary alicyclic amines) is 1. The lowest BCUT2D eigenvalue weighted by Gasteiger charge is -2.41. The Morgan fingerprint density at radius 3 is 2.49 bits per heavy atom. The van der Waals surface area contributed by atoms with Gasteiger partial charge in [-0.15, -0.1) is 0 Å². The Bertz CT molecular complexity index is 1540. The van der Waals surface area contributed by atoms with E-state index in [4.69, 9.17) is 4.74 Å². The summed E-state index contributed by atoms with van der Waals surface area (Å²) in [7, 11) is 0. The van der Waals surface area contributed by atoms with E-state index >= 15 is 4.39 Å². The molecular formula is C31H37F5N6O2S. The van der Waals surface area contributed by atoms with E-state index in [0.717, 1.165) is 31.5 Å². The summed E-state index contributed by atoms with van der Waals surface area (Å²) in [5.74, 6) is -1.76. The number of thiazole rings is 1. The summed E-state index contributed by atoms with van der Waals surface area (Å²) in [6.45, 7) is 11.6. The summed E-state index contributed by atoms with van der Waals surface area (Å²) in [5.41, 5.74) is -1.26. The van der Waals surface area contributed by atoms with E-state index in [9.17, 15) is 22.4 Å². The maximum atomic E-state index is 15.9. The van der Waals surface area contributed by atoms with Crippen molar-refractivity contribution in [3.8, 4) is 11.3 Å². The number of nitrogens with zero attached hydrogens (tertiary/aromatic N) is 5. The van der Waals surface area contributed by atoms with E-state index in [2.05, 4.69) is 27.1 Å². The van der Waals surface area contributed by atoms with Crippen LogP contribution in [0.15, 0.2) is 30.5 Å². The van der Waals surface area contributed by atoms with Crippen molar-refractivity contribution in [2.45, 2.75) is 77.9 Å². The molecular weight excluding hydrogens is 615 g/mol. The van der Waals surface area contributed by atoms with Crippen LogP contribution < -0.4 is 10.2 Å². The first kappa shape index (κ1) is 32.9. The summed E-state index contributed by atoms with van der Waals surface area (Å²) >= 11 is 1.17. The minimum absolute atomic E-state index is 0.00694. The molecule has 0 saturated carbocycles. The van der Waals surface area contributed by atoms with Gasteiger partial charge in [0, 0.05) is 54.9 Å². The fourth-order valence-electron chi connectivity index (χ4n) is 5.67. The Morgan fingerprint density at radius 2 is 1.84 bits per heavy atom. The second-order valence-corrected chi connectivity index (χ2v) is 13.6. The van der Waals surface area contributed by atoms with Gasteiger partial charge in [0.2, 0.25) is 0 Å². The third-order valence-corrected chi connectivity index (χ3v) is 8.88. The summed E-state index contributed by atoms with van der Waals surface area (Å²) in [5, 5.41) is 3.14. The van der Waals surface area contributed by atoms with Crippen molar-refractivity contribution in [2.24, 2.45) is 0 Å². The minimum Gasteiger partial charge on any atom is -0.444 e. The number of anilines is 3. The predicted molar refractivity (Wildman–Crippen MR) is 164 cm³/mol. The van der Waals surface area contributed by atoms with E-state index in [1.165, 1.54) is 17.5 Å². The molecule has 14 heteroatoms. The Morgan fingerprint density at radius 1 is 1.09 bits per heavy atom. The van der Waals surface area contributed by atoms with Crippen LogP contribution in [0.25, 0.3) is 11.3 Å². The zero-order valence-corrected chi connectivity index (χ0v) is 26.7. The van der Waals surface area contributed by atoms with Crippen molar-refractivity contribution >= 4 is 34.1 Å². The lowest BCUT2D eigenvalue weighted by Crippen LogP contribution is -2.55. The number of carbonyl (C=O) groups excluding carboxylic acids is 1. The van der Waals surface area contributed by atoms with Crippen molar-refractivity contribution in [3.05, 3.63) is 52.5 Å². The first-order valence-electron chi connectivity index (χ1n) is 14.9. The number of ether oxygens (including phenoxy) is 1. The van der Waals surface area contributed by atoms with Crippen molar-refractivity contribution < 1.29 is 31.5 Å². The molecule has 0 aliphatic carbocycles. The van der Waals surface area contributed by atoms with Gasteiger partial charge in [-0.2, -0.15) is 13.2 Å². The van der Waals surface area contributed by atoms with E-state index < -0.39 is 35.1 Å². The number of nitrogens with one attached hydrogen (secondary N) is 1. The smallest absolute Gasteiger partial charge is 0.416 e. The molecule has 2 atom stereocenters. The van der Waals surface area contributed by atoms with Crippen molar-refractivity contribution in [2.75, 3.05) is 36.4 Å². The first-order valence-corrected chi connectivity index (χ1v) is 15.7. The number of hydrogen-bond donors (Lipinski definition) is 1. The van der Waals surface area contributed by atoms with Crippen LogP contribution in [0.1, 0.15) is 57.9 Å². The highest BCUT2D eigenvalue weighted by atomic mass is 32.1. The molecule has 0 bridgehead atoms. The topological polar surface area (TPSA) is 73.8 Å². The number of piperazine rings is 1. The first-order chi connectivity index (χ1) is 21.1. The molecule has 1 amide bonds. The van der Waals surface area contributed by atoms with Gasteiger partial charge >= 0.3 is 12.3 Å². The van der Waals surface area contributed by atoms with Crippen LogP contribution in [0.5, 0.6) is 0 Å². The van der Waals surface area contributed by atoms with Crippen LogP contribution >= 0.6 is 11.3 Å². The third kappa shape index (κ3) is 7.66. The number of alkyl halides is 3. The highest BCUT2D eigenvalue weighted by Gasteiger charge is 2.34. The lowest BCUT2D eigenvalue weighted by atomic mass is 10.1. The maximum absolute atomic E-state index is 15.9. The number of pyridine rings is 1. The molecule has 1 N–H and O–H groups in total. The SMILES string of the molecule is C[C@@H]1CCCN1Cc1sc(Nc2nccc(N3CCN(C(=O)OC(C)(C)C)[C@@H](C)C3)c2F)nc1-c1cc(F)cc(C(F)(F)F)c1. The quantitative estimate of drug-likeness (QED) is 0.274. The number of halogens is 5. The Kier molecular flexibility index (Phi) is 9.28. The monoisotopic (exact) mass is 652 g/mol. The molecule has 0 spiro atoms. The molecule has 4 heterocycles. The normalized spacial score (nSPS) is 19.7. The molecule has 2 saturated heterocycles. The van der Waals surface area contributed by atoms with Crippen molar-refractivity contribution in [3.63, 3.8) is 0 Å². The highest BCUT2D eigenvalue weighted by Crippen LogP contribution is 2.39. The Labute approximate surface area is 263 Å². The van der Waals surface area contributed by atoms with Gasteiger partial charge in [0.1, 0.15) is 11.4 Å². The number of rotatable bonds is 6. The molecule has 45 heavy (non-hydrogen) atoms. The minimum atomic E-state index is -4.74. The number of hydrogen-bond acceptors (Lipinski definition) is 8. The van der Waals surface area contributed by atoms with Gasteiger partial charge in [-0.25, -0.2) is 23.5 Å². The van der Waals surface area contributed by atoms with E-state index in [1.54, 1.807) is 31.7 Å². The number of benzene rings is 1. The summed E-state index contributed by atoms with van der Waals surface area (Å²) in [4.78, 5) is 27.6.